The number of Topliss-reactive ketones (excluding diaryl/α,β-unsaturated/α-hetero) is 1. The molecule has 1 aromatic carbocycles. The fourth-order valence-electron chi connectivity index (χ4n) is 1.29. The van der Waals surface area contributed by atoms with Gasteiger partial charge in [0.25, 0.3) is 0 Å². The summed E-state index contributed by atoms with van der Waals surface area (Å²) in [7, 11) is 0. The molecule has 18 heavy (non-hydrogen) atoms. The van der Waals surface area contributed by atoms with E-state index in [-0.39, 0.29) is 11.3 Å². The third kappa shape index (κ3) is 3.10. The molecule has 0 N–H and O–H groups in total. The molecule has 0 atom stereocenters. The number of carbonyl (C=O) groups excluding carboxylic acids is 1. The third-order valence-electron chi connectivity index (χ3n) is 2.13. The first-order valence-corrected chi connectivity index (χ1v) is 6.02. The van der Waals surface area contributed by atoms with Crippen LogP contribution >= 0.6 is 11.8 Å². The van der Waals surface area contributed by atoms with E-state index in [1.807, 2.05) is 0 Å². The Balaban J connectivity index is 2.06. The zero-order chi connectivity index (χ0) is 13.0. The monoisotopic (exact) mass is 266 g/mol. The van der Waals surface area contributed by atoms with Gasteiger partial charge in [0.15, 0.2) is 5.78 Å². The van der Waals surface area contributed by atoms with Crippen molar-refractivity contribution in [3.8, 4) is 0 Å². The third-order valence-corrected chi connectivity index (χ3v) is 3.08. The van der Waals surface area contributed by atoms with Crippen molar-refractivity contribution < 1.29 is 13.6 Å². The Bertz CT molecular complexity index is 563. The fourth-order valence-corrected chi connectivity index (χ4v) is 2.01. The average molecular weight is 266 g/mol. The van der Waals surface area contributed by atoms with Crippen LogP contribution in [0.3, 0.4) is 0 Å². The number of thioether (sulfide) groups is 1. The normalized spacial score (nSPS) is 10.3. The largest absolute Gasteiger partial charge is 0.293 e. The van der Waals surface area contributed by atoms with Gasteiger partial charge in [0.2, 0.25) is 0 Å². The van der Waals surface area contributed by atoms with Gasteiger partial charge in [0.1, 0.15) is 18.0 Å². The van der Waals surface area contributed by atoms with Gasteiger partial charge < -0.3 is 0 Å². The zero-order valence-electron chi connectivity index (χ0n) is 9.14. The highest BCUT2D eigenvalue weighted by molar-refractivity contribution is 7.99. The first-order valence-electron chi connectivity index (χ1n) is 5.04. The Kier molecular flexibility index (Phi) is 3.99. The Morgan fingerprint density at radius 2 is 2.11 bits per heavy atom. The molecule has 0 aliphatic carbocycles. The molecule has 0 saturated heterocycles. The van der Waals surface area contributed by atoms with Gasteiger partial charge in [-0.3, -0.25) is 4.79 Å². The smallest absolute Gasteiger partial charge is 0.176 e. The SMILES string of the molecule is O=C(CSc1ccncn1)c1cc(F)ccc1F. The Morgan fingerprint density at radius 3 is 2.83 bits per heavy atom. The lowest BCUT2D eigenvalue weighted by Crippen LogP contribution is -2.06. The van der Waals surface area contributed by atoms with E-state index in [2.05, 4.69) is 9.97 Å². The summed E-state index contributed by atoms with van der Waals surface area (Å²) in [4.78, 5) is 19.4. The van der Waals surface area contributed by atoms with Crippen LogP contribution in [-0.2, 0) is 0 Å². The van der Waals surface area contributed by atoms with Gasteiger partial charge in [-0.05, 0) is 24.3 Å². The summed E-state index contributed by atoms with van der Waals surface area (Å²) in [6, 6.07) is 4.46. The van der Waals surface area contributed by atoms with Gasteiger partial charge in [0, 0.05) is 6.20 Å². The van der Waals surface area contributed by atoms with Crippen molar-refractivity contribution in [1.29, 1.82) is 0 Å². The van der Waals surface area contributed by atoms with Crippen LogP contribution in [0, 0.1) is 11.6 Å². The standard InChI is InChI=1S/C12H8F2N2OS/c13-8-1-2-10(14)9(5-8)11(17)6-18-12-3-4-15-7-16-12/h1-5,7H,6H2. The molecule has 0 fully saturated rings. The molecule has 1 aromatic heterocycles. The van der Waals surface area contributed by atoms with Crippen LogP contribution in [0.5, 0.6) is 0 Å². The Labute approximate surface area is 106 Å². The summed E-state index contributed by atoms with van der Waals surface area (Å²) in [5.41, 5.74) is -0.239. The van der Waals surface area contributed by atoms with Crippen LogP contribution in [0.1, 0.15) is 10.4 Å². The number of ketones is 1. The lowest BCUT2D eigenvalue weighted by Gasteiger charge is -2.02. The van der Waals surface area contributed by atoms with Crippen molar-refractivity contribution in [2.45, 2.75) is 5.03 Å². The molecular weight excluding hydrogens is 258 g/mol. The fraction of sp³-hybridized carbons (Fsp3) is 0.0833. The lowest BCUT2D eigenvalue weighted by molar-refractivity contribution is 0.101. The number of rotatable bonds is 4. The molecule has 6 heteroatoms. The molecule has 92 valence electrons. The van der Waals surface area contributed by atoms with Gasteiger partial charge in [-0.15, -0.1) is 0 Å². The summed E-state index contributed by atoms with van der Waals surface area (Å²) in [6.07, 6.45) is 2.90. The van der Waals surface area contributed by atoms with Crippen LogP contribution in [0.2, 0.25) is 0 Å². The molecule has 0 aliphatic rings. The average Bonchev–Trinajstić information content (AvgIpc) is 2.40. The summed E-state index contributed by atoms with van der Waals surface area (Å²) >= 11 is 1.15. The minimum atomic E-state index is -0.718. The maximum atomic E-state index is 13.3. The van der Waals surface area contributed by atoms with Crippen molar-refractivity contribution >= 4 is 17.5 Å². The molecule has 3 nitrogen and oxygen atoms in total. The van der Waals surface area contributed by atoms with E-state index in [0.717, 1.165) is 30.0 Å². The van der Waals surface area contributed by atoms with Crippen LogP contribution in [-0.4, -0.2) is 21.5 Å². The molecule has 0 saturated carbocycles. The van der Waals surface area contributed by atoms with Crippen LogP contribution in [0.4, 0.5) is 8.78 Å². The molecule has 1 heterocycles. The van der Waals surface area contributed by atoms with Gasteiger partial charge in [0.05, 0.1) is 16.3 Å². The highest BCUT2D eigenvalue weighted by Gasteiger charge is 2.13. The van der Waals surface area contributed by atoms with E-state index in [4.69, 9.17) is 0 Å². The minimum absolute atomic E-state index is 0.00259. The molecule has 0 amide bonds. The zero-order valence-corrected chi connectivity index (χ0v) is 9.95. The number of hydrogen-bond donors (Lipinski definition) is 0. The van der Waals surface area contributed by atoms with Crippen LogP contribution in [0.25, 0.3) is 0 Å². The van der Waals surface area contributed by atoms with Crippen LogP contribution in [0.15, 0.2) is 41.8 Å². The predicted octanol–water partition coefficient (Wildman–Crippen LogP) is 2.73. The second-order valence-electron chi connectivity index (χ2n) is 3.38. The highest BCUT2D eigenvalue weighted by Crippen LogP contribution is 2.17. The van der Waals surface area contributed by atoms with E-state index in [9.17, 15) is 13.6 Å². The quantitative estimate of drug-likeness (QED) is 0.485. The number of nitrogens with zero attached hydrogens (tertiary/aromatic N) is 2. The van der Waals surface area contributed by atoms with Crippen molar-refractivity contribution in [1.82, 2.24) is 9.97 Å². The van der Waals surface area contributed by atoms with Gasteiger partial charge in [-0.25, -0.2) is 18.7 Å². The van der Waals surface area contributed by atoms with Gasteiger partial charge in [-0.1, -0.05) is 11.8 Å². The Morgan fingerprint density at radius 1 is 1.28 bits per heavy atom. The van der Waals surface area contributed by atoms with Gasteiger partial charge >= 0.3 is 0 Å². The number of benzene rings is 1. The van der Waals surface area contributed by atoms with E-state index >= 15 is 0 Å². The molecule has 0 spiro atoms. The molecule has 0 aliphatic heterocycles. The van der Waals surface area contributed by atoms with Crippen molar-refractivity contribution in [3.05, 3.63) is 54.0 Å². The number of hydrogen-bond acceptors (Lipinski definition) is 4. The molecule has 0 bridgehead atoms. The predicted molar refractivity (Wildman–Crippen MR) is 63.4 cm³/mol. The second-order valence-corrected chi connectivity index (χ2v) is 4.38. The number of halogens is 2. The lowest BCUT2D eigenvalue weighted by atomic mass is 10.1. The number of aromatic nitrogens is 2. The molecule has 2 rings (SSSR count). The molecule has 0 unspecified atom stereocenters. The van der Waals surface area contributed by atoms with Crippen molar-refractivity contribution in [2.24, 2.45) is 0 Å². The molecular formula is C12H8F2N2OS. The topological polar surface area (TPSA) is 42.9 Å². The van der Waals surface area contributed by atoms with E-state index in [1.54, 1.807) is 12.3 Å². The maximum Gasteiger partial charge on any atom is 0.176 e. The maximum absolute atomic E-state index is 13.3. The Hall–Kier alpha value is -1.82. The summed E-state index contributed by atoms with van der Waals surface area (Å²) < 4.78 is 26.2. The first-order chi connectivity index (χ1) is 8.66. The van der Waals surface area contributed by atoms with E-state index in [1.165, 1.54) is 6.33 Å². The van der Waals surface area contributed by atoms with Crippen molar-refractivity contribution in [2.75, 3.05) is 5.75 Å². The van der Waals surface area contributed by atoms with Crippen LogP contribution < -0.4 is 0 Å². The summed E-state index contributed by atoms with van der Waals surface area (Å²) in [6.45, 7) is 0. The second kappa shape index (κ2) is 5.68. The van der Waals surface area contributed by atoms with E-state index < -0.39 is 17.4 Å². The molecule has 2 aromatic rings. The summed E-state index contributed by atoms with van der Waals surface area (Å²) in [5, 5.41) is 0.607. The number of carbonyl (C=O) groups is 1. The molecule has 0 radical (unpaired) electrons. The highest BCUT2D eigenvalue weighted by atomic mass is 32.2. The van der Waals surface area contributed by atoms with Crippen molar-refractivity contribution in [3.63, 3.8) is 0 Å². The minimum Gasteiger partial charge on any atom is -0.293 e. The summed E-state index contributed by atoms with van der Waals surface area (Å²) in [5.74, 6) is -1.83. The first kappa shape index (κ1) is 12.6. The van der Waals surface area contributed by atoms with E-state index in [0.29, 0.717) is 5.03 Å². The van der Waals surface area contributed by atoms with Gasteiger partial charge in [-0.2, -0.15) is 0 Å².